The first-order valence-corrected chi connectivity index (χ1v) is 9.48. The molecule has 1 aliphatic rings. The van der Waals surface area contributed by atoms with Crippen molar-refractivity contribution in [1.29, 1.82) is 0 Å². The molecule has 1 aliphatic heterocycles. The molecular weight excluding hydrogens is 312 g/mol. The maximum atomic E-state index is 12.0. The van der Waals surface area contributed by atoms with Crippen molar-refractivity contribution in [2.45, 2.75) is 45.6 Å². The van der Waals surface area contributed by atoms with E-state index in [2.05, 4.69) is 47.3 Å². The Morgan fingerprint density at radius 2 is 1.88 bits per heavy atom. The van der Waals surface area contributed by atoms with E-state index in [0.717, 1.165) is 31.9 Å². The van der Waals surface area contributed by atoms with Crippen molar-refractivity contribution in [1.82, 2.24) is 19.2 Å². The number of aryl methyl sites for hydroxylation is 1. The maximum absolute atomic E-state index is 12.0. The van der Waals surface area contributed by atoms with Gasteiger partial charge in [0.1, 0.15) is 5.82 Å². The van der Waals surface area contributed by atoms with Crippen LogP contribution in [0.25, 0.3) is 0 Å². The Morgan fingerprint density at radius 1 is 1.20 bits per heavy atom. The van der Waals surface area contributed by atoms with Gasteiger partial charge < -0.3 is 4.90 Å². The van der Waals surface area contributed by atoms with Crippen LogP contribution in [-0.4, -0.2) is 38.9 Å². The summed E-state index contributed by atoms with van der Waals surface area (Å²) in [6.45, 7) is 8.45. The number of aromatic nitrogens is 3. The van der Waals surface area contributed by atoms with E-state index in [1.807, 2.05) is 11.5 Å². The lowest BCUT2D eigenvalue weighted by Crippen LogP contribution is -2.37. The van der Waals surface area contributed by atoms with E-state index in [1.165, 1.54) is 23.1 Å². The Bertz CT molecular complexity index is 726. The van der Waals surface area contributed by atoms with Crippen LogP contribution >= 0.6 is 0 Å². The third kappa shape index (κ3) is 4.21. The van der Waals surface area contributed by atoms with Gasteiger partial charge in [-0.3, -0.25) is 4.57 Å². The Hall–Kier alpha value is -1.88. The molecule has 1 aromatic carbocycles. The fourth-order valence-electron chi connectivity index (χ4n) is 3.93. The Balaban J connectivity index is 1.52. The maximum Gasteiger partial charge on any atom is 0.345 e. The first kappa shape index (κ1) is 17.9. The first-order valence-electron chi connectivity index (χ1n) is 9.48. The van der Waals surface area contributed by atoms with Crippen molar-refractivity contribution in [3.63, 3.8) is 0 Å². The average Bonchev–Trinajstić information content (AvgIpc) is 2.90. The number of hydrogen-bond acceptors (Lipinski definition) is 3. The third-order valence-electron chi connectivity index (χ3n) is 5.48. The van der Waals surface area contributed by atoms with E-state index < -0.39 is 0 Å². The fraction of sp³-hybridized carbons (Fsp3) is 0.600. The minimum Gasteiger partial charge on any atom is -0.303 e. The van der Waals surface area contributed by atoms with E-state index in [-0.39, 0.29) is 5.69 Å². The molecule has 5 nitrogen and oxygen atoms in total. The lowest BCUT2D eigenvalue weighted by atomic mass is 9.92. The molecule has 0 bridgehead atoms. The van der Waals surface area contributed by atoms with Crippen LogP contribution < -0.4 is 5.69 Å². The van der Waals surface area contributed by atoms with Gasteiger partial charge in [-0.2, -0.15) is 5.10 Å². The summed E-state index contributed by atoms with van der Waals surface area (Å²) >= 11 is 0. The van der Waals surface area contributed by atoms with Crippen LogP contribution in [0.3, 0.4) is 0 Å². The number of nitrogens with zero attached hydrogens (tertiary/aromatic N) is 4. The van der Waals surface area contributed by atoms with Gasteiger partial charge in [0.05, 0.1) is 0 Å². The first-order chi connectivity index (χ1) is 12.1. The fourth-order valence-corrected chi connectivity index (χ4v) is 3.93. The van der Waals surface area contributed by atoms with Crippen molar-refractivity contribution < 1.29 is 0 Å². The highest BCUT2D eigenvalue weighted by Gasteiger charge is 2.23. The van der Waals surface area contributed by atoms with Crippen LogP contribution in [0.1, 0.15) is 44.0 Å². The highest BCUT2D eigenvalue weighted by Crippen LogP contribution is 2.23. The molecule has 0 unspecified atom stereocenters. The van der Waals surface area contributed by atoms with Crippen LogP contribution in [0.5, 0.6) is 0 Å². The molecule has 1 atom stereocenters. The molecule has 136 valence electrons. The van der Waals surface area contributed by atoms with E-state index >= 15 is 0 Å². The SMILES string of the molecule is CCn1c(CC2CCN(C[C@@H](C)c3ccccc3)CC2)nn(C)c1=O. The normalized spacial score (nSPS) is 17.7. The van der Waals surface area contributed by atoms with Gasteiger partial charge >= 0.3 is 5.69 Å². The molecule has 1 aromatic heterocycles. The Labute approximate surface area is 150 Å². The summed E-state index contributed by atoms with van der Waals surface area (Å²) in [7, 11) is 1.74. The Kier molecular flexibility index (Phi) is 5.74. The molecule has 0 amide bonds. The smallest absolute Gasteiger partial charge is 0.303 e. The van der Waals surface area contributed by atoms with Crippen LogP contribution in [-0.2, 0) is 20.0 Å². The zero-order chi connectivity index (χ0) is 17.8. The van der Waals surface area contributed by atoms with Crippen molar-refractivity contribution in [2.24, 2.45) is 13.0 Å². The zero-order valence-corrected chi connectivity index (χ0v) is 15.7. The predicted molar refractivity (Wildman–Crippen MR) is 101 cm³/mol. The lowest BCUT2D eigenvalue weighted by Gasteiger charge is -2.33. The summed E-state index contributed by atoms with van der Waals surface area (Å²) in [5, 5.41) is 4.44. The van der Waals surface area contributed by atoms with Crippen LogP contribution in [0, 0.1) is 5.92 Å². The standard InChI is InChI=1S/C20H30N4O/c1-4-24-19(21-22(3)20(24)25)14-17-10-12-23(13-11-17)15-16(2)18-8-6-5-7-9-18/h5-9,16-17H,4,10-15H2,1-3H3/t16-/m1/s1. The van der Waals surface area contributed by atoms with Crippen LogP contribution in [0.4, 0.5) is 0 Å². The molecule has 2 heterocycles. The summed E-state index contributed by atoms with van der Waals surface area (Å²) in [5.41, 5.74) is 1.43. The van der Waals surface area contributed by atoms with Gasteiger partial charge in [-0.15, -0.1) is 0 Å². The molecule has 1 fully saturated rings. The molecule has 3 rings (SSSR count). The number of benzene rings is 1. The number of rotatable bonds is 6. The molecule has 2 aromatic rings. The second-order valence-corrected chi connectivity index (χ2v) is 7.33. The molecule has 0 N–H and O–H groups in total. The van der Waals surface area contributed by atoms with E-state index in [4.69, 9.17) is 0 Å². The summed E-state index contributed by atoms with van der Waals surface area (Å²) < 4.78 is 3.28. The average molecular weight is 342 g/mol. The van der Waals surface area contributed by atoms with Crippen molar-refractivity contribution in [3.05, 3.63) is 52.2 Å². The van der Waals surface area contributed by atoms with Crippen molar-refractivity contribution in [3.8, 4) is 0 Å². The van der Waals surface area contributed by atoms with Gasteiger partial charge in [0.2, 0.25) is 0 Å². The highest BCUT2D eigenvalue weighted by molar-refractivity contribution is 5.19. The molecule has 0 aliphatic carbocycles. The number of likely N-dealkylation sites (tertiary alicyclic amines) is 1. The number of piperidine rings is 1. The molecule has 25 heavy (non-hydrogen) atoms. The van der Waals surface area contributed by atoms with E-state index in [0.29, 0.717) is 18.4 Å². The van der Waals surface area contributed by atoms with Gasteiger partial charge in [-0.05, 0) is 50.3 Å². The summed E-state index contributed by atoms with van der Waals surface area (Å²) in [5.74, 6) is 2.15. The topological polar surface area (TPSA) is 43.1 Å². The highest BCUT2D eigenvalue weighted by atomic mass is 16.2. The van der Waals surface area contributed by atoms with Gasteiger partial charge in [0.25, 0.3) is 0 Å². The van der Waals surface area contributed by atoms with Crippen molar-refractivity contribution in [2.75, 3.05) is 19.6 Å². The zero-order valence-electron chi connectivity index (χ0n) is 15.7. The van der Waals surface area contributed by atoms with E-state index in [1.54, 1.807) is 7.05 Å². The van der Waals surface area contributed by atoms with Gasteiger partial charge in [0.15, 0.2) is 0 Å². The van der Waals surface area contributed by atoms with Gasteiger partial charge in [0, 0.05) is 26.6 Å². The predicted octanol–water partition coefficient (Wildman–Crippen LogP) is 2.66. The molecular formula is C20H30N4O. The van der Waals surface area contributed by atoms with Gasteiger partial charge in [-0.1, -0.05) is 37.3 Å². The van der Waals surface area contributed by atoms with Crippen molar-refractivity contribution >= 4 is 0 Å². The molecule has 5 heteroatoms. The van der Waals surface area contributed by atoms with E-state index in [9.17, 15) is 4.79 Å². The van der Waals surface area contributed by atoms with Crippen LogP contribution in [0.15, 0.2) is 35.1 Å². The van der Waals surface area contributed by atoms with Gasteiger partial charge in [-0.25, -0.2) is 9.48 Å². The monoisotopic (exact) mass is 342 g/mol. The summed E-state index contributed by atoms with van der Waals surface area (Å²) in [6.07, 6.45) is 3.30. The summed E-state index contributed by atoms with van der Waals surface area (Å²) in [6, 6.07) is 10.8. The minimum absolute atomic E-state index is 0.00613. The lowest BCUT2D eigenvalue weighted by molar-refractivity contribution is 0.175. The minimum atomic E-state index is 0.00613. The second-order valence-electron chi connectivity index (χ2n) is 7.33. The summed E-state index contributed by atoms with van der Waals surface area (Å²) in [4.78, 5) is 14.6. The second kappa shape index (κ2) is 8.00. The third-order valence-corrected chi connectivity index (χ3v) is 5.48. The molecule has 1 saturated heterocycles. The molecule has 0 saturated carbocycles. The van der Waals surface area contributed by atoms with Crippen LogP contribution in [0.2, 0.25) is 0 Å². The molecule has 0 radical (unpaired) electrons. The Morgan fingerprint density at radius 3 is 2.52 bits per heavy atom. The largest absolute Gasteiger partial charge is 0.345 e. The molecule has 0 spiro atoms. The quantitative estimate of drug-likeness (QED) is 0.810. The number of hydrogen-bond donors (Lipinski definition) is 0.